The molecule has 4 nitrogen and oxygen atoms in total. The molecule has 0 aromatic heterocycles. The number of alkyl halides is 3. The molecule has 0 aliphatic rings. The Morgan fingerprint density at radius 1 is 1.15 bits per heavy atom. The van der Waals surface area contributed by atoms with Crippen LogP contribution >= 0.6 is 0 Å². The van der Waals surface area contributed by atoms with E-state index in [1.54, 1.807) is 13.8 Å². The van der Waals surface area contributed by atoms with E-state index in [4.69, 9.17) is 4.74 Å². The monoisotopic (exact) mass is 391 g/mol. The second-order valence-electron chi connectivity index (χ2n) is 6.61. The first-order chi connectivity index (χ1) is 12.6. The molecule has 1 aromatic carbocycles. The number of benzene rings is 1. The van der Waals surface area contributed by atoms with Crippen LogP contribution in [-0.2, 0) is 15.7 Å². The van der Waals surface area contributed by atoms with Gasteiger partial charge < -0.3 is 10.1 Å². The maximum atomic E-state index is 13.4. The van der Waals surface area contributed by atoms with Gasteiger partial charge in [-0.05, 0) is 30.5 Å². The number of esters is 1. The summed E-state index contributed by atoms with van der Waals surface area (Å²) in [6.45, 7) is 5.46. The Balaban J connectivity index is 2.88. The van der Waals surface area contributed by atoms with E-state index in [0.717, 1.165) is 19.3 Å². The molecule has 0 radical (unpaired) electrons. The summed E-state index contributed by atoms with van der Waals surface area (Å²) in [5.41, 5.74) is -2.14. The summed E-state index contributed by atoms with van der Waals surface area (Å²) in [7, 11) is 0. The Kier molecular flexibility index (Phi) is 8.72. The molecule has 1 amide bonds. The van der Waals surface area contributed by atoms with Gasteiger partial charge in [0.2, 0.25) is 0 Å². The smallest absolute Gasteiger partial charge is 0.417 e. The lowest BCUT2D eigenvalue weighted by atomic mass is 10.0. The van der Waals surface area contributed by atoms with Gasteiger partial charge in [0.1, 0.15) is 11.9 Å². The van der Waals surface area contributed by atoms with Gasteiger partial charge in [0, 0.05) is 0 Å². The van der Waals surface area contributed by atoms with Crippen LogP contribution < -0.4 is 5.32 Å². The Bertz CT molecular complexity index is 644. The molecule has 0 saturated carbocycles. The van der Waals surface area contributed by atoms with Crippen LogP contribution in [0.2, 0.25) is 0 Å². The number of nitrogens with one attached hydrogen (secondary N) is 1. The van der Waals surface area contributed by atoms with E-state index in [-0.39, 0.29) is 6.61 Å². The molecule has 0 saturated heterocycles. The average molecular weight is 391 g/mol. The highest BCUT2D eigenvalue weighted by Crippen LogP contribution is 2.32. The highest BCUT2D eigenvalue weighted by atomic mass is 19.4. The van der Waals surface area contributed by atoms with Crippen molar-refractivity contribution in [3.8, 4) is 0 Å². The van der Waals surface area contributed by atoms with Gasteiger partial charge in [0.15, 0.2) is 0 Å². The van der Waals surface area contributed by atoms with Crippen LogP contribution in [0.15, 0.2) is 18.2 Å². The maximum Gasteiger partial charge on any atom is 0.417 e. The molecule has 1 rings (SSSR count). The predicted molar refractivity (Wildman–Crippen MR) is 92.6 cm³/mol. The summed E-state index contributed by atoms with van der Waals surface area (Å²) in [5, 5.41) is 2.24. The van der Waals surface area contributed by atoms with Crippen molar-refractivity contribution in [1.82, 2.24) is 5.32 Å². The summed E-state index contributed by atoms with van der Waals surface area (Å²) < 4.78 is 57.7. The Morgan fingerprint density at radius 2 is 1.81 bits per heavy atom. The number of unbranched alkanes of at least 4 members (excludes halogenated alkanes) is 3. The number of hydrogen-bond donors (Lipinski definition) is 1. The zero-order valence-electron chi connectivity index (χ0n) is 15.7. The number of carbonyl (C=O) groups is 2. The van der Waals surface area contributed by atoms with E-state index in [1.807, 2.05) is 6.92 Å². The van der Waals surface area contributed by atoms with Crippen molar-refractivity contribution in [1.29, 1.82) is 0 Å². The van der Waals surface area contributed by atoms with Crippen molar-refractivity contribution in [3.63, 3.8) is 0 Å². The van der Waals surface area contributed by atoms with Crippen molar-refractivity contribution in [2.24, 2.45) is 5.92 Å². The minimum Gasteiger partial charge on any atom is -0.464 e. The second kappa shape index (κ2) is 10.3. The first-order valence-corrected chi connectivity index (χ1v) is 8.92. The fraction of sp³-hybridized carbons (Fsp3) is 0.579. The fourth-order valence-corrected chi connectivity index (χ4v) is 2.46. The van der Waals surface area contributed by atoms with E-state index in [0.29, 0.717) is 24.6 Å². The number of amides is 1. The van der Waals surface area contributed by atoms with Gasteiger partial charge in [-0.3, -0.25) is 4.79 Å². The van der Waals surface area contributed by atoms with Crippen LogP contribution in [0, 0.1) is 11.7 Å². The van der Waals surface area contributed by atoms with Crippen molar-refractivity contribution in [2.45, 2.75) is 58.7 Å². The molecule has 0 heterocycles. The van der Waals surface area contributed by atoms with Gasteiger partial charge in [0.25, 0.3) is 5.91 Å². The highest BCUT2D eigenvalue weighted by molar-refractivity contribution is 5.98. The third kappa shape index (κ3) is 7.19. The Labute approximate surface area is 156 Å². The third-order valence-electron chi connectivity index (χ3n) is 3.98. The minimum absolute atomic E-state index is 0.172. The molecule has 0 fully saturated rings. The number of halogens is 4. The number of rotatable bonds is 9. The summed E-state index contributed by atoms with van der Waals surface area (Å²) in [6.07, 6.45) is -1.25. The van der Waals surface area contributed by atoms with Gasteiger partial charge >= 0.3 is 12.1 Å². The molecule has 152 valence electrons. The molecule has 1 aromatic rings. The molecule has 1 unspecified atom stereocenters. The summed E-state index contributed by atoms with van der Waals surface area (Å²) in [4.78, 5) is 24.5. The molecule has 1 N–H and O–H groups in total. The van der Waals surface area contributed by atoms with Crippen LogP contribution in [0.4, 0.5) is 17.6 Å². The molecule has 0 bridgehead atoms. The van der Waals surface area contributed by atoms with Crippen LogP contribution in [0.1, 0.15) is 62.4 Å². The Hall–Kier alpha value is -2.12. The van der Waals surface area contributed by atoms with Crippen LogP contribution in [-0.4, -0.2) is 24.5 Å². The SMILES string of the molecule is CCCCCCOC(=O)C(NC(=O)c1cc(F)ccc1C(F)(F)F)C(C)C. The molecular weight excluding hydrogens is 366 g/mol. The molecule has 27 heavy (non-hydrogen) atoms. The number of carbonyl (C=O) groups excluding carboxylic acids is 2. The Morgan fingerprint density at radius 3 is 2.37 bits per heavy atom. The molecular formula is C19H25F4NO3. The summed E-state index contributed by atoms with van der Waals surface area (Å²) in [6, 6.07) is 0.504. The normalized spacial score (nSPS) is 12.7. The lowest BCUT2D eigenvalue weighted by Crippen LogP contribution is -2.45. The highest BCUT2D eigenvalue weighted by Gasteiger charge is 2.36. The number of ether oxygens (including phenoxy) is 1. The summed E-state index contributed by atoms with van der Waals surface area (Å²) in [5.74, 6) is -3.30. The lowest BCUT2D eigenvalue weighted by molar-refractivity contribution is -0.147. The van der Waals surface area contributed by atoms with Crippen molar-refractivity contribution in [2.75, 3.05) is 6.61 Å². The average Bonchev–Trinajstić information content (AvgIpc) is 2.57. The van der Waals surface area contributed by atoms with Crippen LogP contribution in [0.25, 0.3) is 0 Å². The van der Waals surface area contributed by atoms with Gasteiger partial charge in [-0.15, -0.1) is 0 Å². The van der Waals surface area contributed by atoms with Crippen molar-refractivity contribution >= 4 is 11.9 Å². The fourth-order valence-electron chi connectivity index (χ4n) is 2.46. The van der Waals surface area contributed by atoms with E-state index >= 15 is 0 Å². The lowest BCUT2D eigenvalue weighted by Gasteiger charge is -2.22. The summed E-state index contributed by atoms with van der Waals surface area (Å²) >= 11 is 0. The van der Waals surface area contributed by atoms with Gasteiger partial charge in [-0.1, -0.05) is 40.0 Å². The van der Waals surface area contributed by atoms with Gasteiger partial charge in [-0.25, -0.2) is 9.18 Å². The predicted octanol–water partition coefficient (Wildman–Crippen LogP) is 4.72. The van der Waals surface area contributed by atoms with Crippen LogP contribution in [0.3, 0.4) is 0 Å². The maximum absolute atomic E-state index is 13.4. The molecule has 0 aliphatic carbocycles. The van der Waals surface area contributed by atoms with E-state index in [1.165, 1.54) is 0 Å². The first kappa shape index (κ1) is 22.9. The van der Waals surface area contributed by atoms with Crippen molar-refractivity contribution in [3.05, 3.63) is 35.1 Å². The van der Waals surface area contributed by atoms with E-state index in [9.17, 15) is 27.2 Å². The molecule has 8 heteroatoms. The van der Waals surface area contributed by atoms with Crippen LogP contribution in [0.5, 0.6) is 0 Å². The largest absolute Gasteiger partial charge is 0.464 e. The zero-order chi connectivity index (χ0) is 20.6. The minimum atomic E-state index is -4.83. The second-order valence-corrected chi connectivity index (χ2v) is 6.61. The molecule has 0 aliphatic heterocycles. The number of hydrogen-bond acceptors (Lipinski definition) is 3. The quantitative estimate of drug-likeness (QED) is 0.376. The van der Waals surface area contributed by atoms with Crippen molar-refractivity contribution < 1.29 is 31.9 Å². The third-order valence-corrected chi connectivity index (χ3v) is 3.98. The molecule has 0 spiro atoms. The topological polar surface area (TPSA) is 55.4 Å². The zero-order valence-corrected chi connectivity index (χ0v) is 15.7. The van der Waals surface area contributed by atoms with Gasteiger partial charge in [-0.2, -0.15) is 13.2 Å². The van der Waals surface area contributed by atoms with E-state index in [2.05, 4.69) is 5.32 Å². The first-order valence-electron chi connectivity index (χ1n) is 8.92. The van der Waals surface area contributed by atoms with Gasteiger partial charge in [0.05, 0.1) is 17.7 Å². The standard InChI is InChI=1S/C19H25F4NO3/c1-4-5-6-7-10-27-18(26)16(12(2)3)24-17(25)14-11-13(20)8-9-15(14)19(21,22)23/h8-9,11-12,16H,4-7,10H2,1-3H3,(H,24,25). The van der Waals surface area contributed by atoms with E-state index < -0.39 is 47.0 Å². The molecule has 1 atom stereocenters.